The third-order valence-corrected chi connectivity index (χ3v) is 2.94. The molecule has 0 saturated carbocycles. The molecule has 2 N–H and O–H groups in total. The standard InChI is InChI=1S/C12H19N3O/c1-2-16-9-10-5-6-15(8-10)12-4-3-11(13)7-14-12/h3-4,7,10H,2,5-6,8-9,13H2,1H3/t10-/m1/s1. The average Bonchev–Trinajstić information content (AvgIpc) is 2.76. The number of hydrogen-bond acceptors (Lipinski definition) is 4. The molecule has 1 aromatic heterocycles. The summed E-state index contributed by atoms with van der Waals surface area (Å²) in [4.78, 5) is 6.63. The molecule has 0 unspecified atom stereocenters. The Morgan fingerprint density at radius 1 is 1.56 bits per heavy atom. The van der Waals surface area contributed by atoms with E-state index in [0.29, 0.717) is 11.6 Å². The van der Waals surface area contributed by atoms with Gasteiger partial charge in [0.05, 0.1) is 18.5 Å². The summed E-state index contributed by atoms with van der Waals surface area (Å²) in [6.45, 7) is 5.80. The van der Waals surface area contributed by atoms with Crippen LogP contribution in [0.3, 0.4) is 0 Å². The van der Waals surface area contributed by atoms with Crippen molar-refractivity contribution >= 4 is 11.5 Å². The van der Waals surface area contributed by atoms with Crippen LogP contribution >= 0.6 is 0 Å². The van der Waals surface area contributed by atoms with E-state index in [1.54, 1.807) is 6.20 Å². The summed E-state index contributed by atoms with van der Waals surface area (Å²) in [5.41, 5.74) is 6.33. The minimum Gasteiger partial charge on any atom is -0.397 e. The second kappa shape index (κ2) is 5.16. The first-order valence-corrected chi connectivity index (χ1v) is 5.84. The predicted octanol–water partition coefficient (Wildman–Crippen LogP) is 1.53. The molecule has 1 aliphatic heterocycles. The van der Waals surface area contributed by atoms with Crippen molar-refractivity contribution in [3.8, 4) is 0 Å². The molecule has 0 spiro atoms. The van der Waals surface area contributed by atoms with Crippen molar-refractivity contribution in [2.45, 2.75) is 13.3 Å². The Bertz CT molecular complexity index is 326. The molecule has 4 nitrogen and oxygen atoms in total. The monoisotopic (exact) mass is 221 g/mol. The summed E-state index contributed by atoms with van der Waals surface area (Å²) < 4.78 is 5.45. The largest absolute Gasteiger partial charge is 0.397 e. The molecular weight excluding hydrogens is 202 g/mol. The third kappa shape index (κ3) is 2.64. The van der Waals surface area contributed by atoms with Crippen LogP contribution in [0.4, 0.5) is 11.5 Å². The highest BCUT2D eigenvalue weighted by atomic mass is 16.5. The van der Waals surface area contributed by atoms with Gasteiger partial charge in [-0.1, -0.05) is 0 Å². The van der Waals surface area contributed by atoms with E-state index >= 15 is 0 Å². The Labute approximate surface area is 96.4 Å². The van der Waals surface area contributed by atoms with Crippen molar-refractivity contribution in [2.75, 3.05) is 36.9 Å². The number of hydrogen-bond donors (Lipinski definition) is 1. The lowest BCUT2D eigenvalue weighted by Gasteiger charge is -2.17. The summed E-state index contributed by atoms with van der Waals surface area (Å²) in [6, 6.07) is 3.89. The summed E-state index contributed by atoms with van der Waals surface area (Å²) in [5, 5.41) is 0. The van der Waals surface area contributed by atoms with E-state index in [9.17, 15) is 0 Å². The van der Waals surface area contributed by atoms with Crippen LogP contribution in [0.15, 0.2) is 18.3 Å². The van der Waals surface area contributed by atoms with Crippen LogP contribution in [-0.4, -0.2) is 31.3 Å². The van der Waals surface area contributed by atoms with Gasteiger partial charge in [-0.3, -0.25) is 0 Å². The molecule has 1 saturated heterocycles. The van der Waals surface area contributed by atoms with E-state index < -0.39 is 0 Å². The Morgan fingerprint density at radius 2 is 2.44 bits per heavy atom. The first kappa shape index (κ1) is 11.2. The van der Waals surface area contributed by atoms with E-state index in [4.69, 9.17) is 10.5 Å². The zero-order valence-electron chi connectivity index (χ0n) is 9.72. The van der Waals surface area contributed by atoms with Crippen LogP contribution in [0.2, 0.25) is 0 Å². The van der Waals surface area contributed by atoms with E-state index in [0.717, 1.165) is 32.1 Å². The molecule has 88 valence electrons. The van der Waals surface area contributed by atoms with E-state index in [1.165, 1.54) is 6.42 Å². The molecule has 2 heterocycles. The molecule has 0 aromatic carbocycles. The molecule has 1 fully saturated rings. The topological polar surface area (TPSA) is 51.4 Å². The van der Waals surface area contributed by atoms with Crippen LogP contribution < -0.4 is 10.6 Å². The summed E-state index contributed by atoms with van der Waals surface area (Å²) >= 11 is 0. The molecule has 4 heteroatoms. The van der Waals surface area contributed by atoms with Crippen LogP contribution in [0.25, 0.3) is 0 Å². The normalized spacial score (nSPS) is 20.3. The van der Waals surface area contributed by atoms with E-state index in [1.807, 2.05) is 19.1 Å². The van der Waals surface area contributed by atoms with Crippen LogP contribution in [0, 0.1) is 5.92 Å². The highest BCUT2D eigenvalue weighted by molar-refractivity contribution is 5.46. The molecule has 0 radical (unpaired) electrons. The number of nitrogen functional groups attached to an aromatic ring is 1. The molecule has 1 atom stereocenters. The fraction of sp³-hybridized carbons (Fsp3) is 0.583. The maximum Gasteiger partial charge on any atom is 0.128 e. The van der Waals surface area contributed by atoms with Gasteiger partial charge in [0.15, 0.2) is 0 Å². The number of anilines is 2. The van der Waals surface area contributed by atoms with Gasteiger partial charge >= 0.3 is 0 Å². The molecule has 1 aliphatic rings. The summed E-state index contributed by atoms with van der Waals surface area (Å²) in [5.74, 6) is 1.66. The average molecular weight is 221 g/mol. The number of nitrogens with two attached hydrogens (primary N) is 1. The van der Waals surface area contributed by atoms with Crippen molar-refractivity contribution < 1.29 is 4.74 Å². The third-order valence-electron chi connectivity index (χ3n) is 2.94. The highest BCUT2D eigenvalue weighted by Crippen LogP contribution is 2.22. The van der Waals surface area contributed by atoms with Gasteiger partial charge in [0.25, 0.3) is 0 Å². The van der Waals surface area contributed by atoms with Crippen LogP contribution in [0.1, 0.15) is 13.3 Å². The van der Waals surface area contributed by atoms with Crippen molar-refractivity contribution in [1.82, 2.24) is 4.98 Å². The zero-order valence-corrected chi connectivity index (χ0v) is 9.72. The van der Waals surface area contributed by atoms with Crippen molar-refractivity contribution in [2.24, 2.45) is 5.92 Å². The Balaban J connectivity index is 1.90. The number of ether oxygens (including phenoxy) is 1. The molecule has 0 amide bonds. The quantitative estimate of drug-likeness (QED) is 0.837. The number of nitrogens with zero attached hydrogens (tertiary/aromatic N) is 2. The molecule has 1 aromatic rings. The van der Waals surface area contributed by atoms with Gasteiger partial charge in [0.1, 0.15) is 5.82 Å². The molecular formula is C12H19N3O. The van der Waals surface area contributed by atoms with Crippen LogP contribution in [0.5, 0.6) is 0 Å². The number of aromatic nitrogens is 1. The first-order chi connectivity index (χ1) is 7.79. The number of rotatable bonds is 4. The lowest BCUT2D eigenvalue weighted by molar-refractivity contribution is 0.117. The maximum atomic E-state index is 5.62. The molecule has 16 heavy (non-hydrogen) atoms. The van der Waals surface area contributed by atoms with Gasteiger partial charge in [-0.2, -0.15) is 0 Å². The molecule has 0 aliphatic carbocycles. The number of pyridine rings is 1. The molecule has 0 bridgehead atoms. The summed E-state index contributed by atoms with van der Waals surface area (Å²) in [6.07, 6.45) is 2.90. The first-order valence-electron chi connectivity index (χ1n) is 5.84. The zero-order chi connectivity index (χ0) is 11.4. The second-order valence-electron chi connectivity index (χ2n) is 4.21. The molecule has 2 rings (SSSR count). The fourth-order valence-corrected chi connectivity index (χ4v) is 2.05. The smallest absolute Gasteiger partial charge is 0.128 e. The van der Waals surface area contributed by atoms with Crippen LogP contribution in [-0.2, 0) is 4.74 Å². The maximum absolute atomic E-state index is 5.62. The Kier molecular flexibility index (Phi) is 3.62. The van der Waals surface area contributed by atoms with Crippen molar-refractivity contribution in [3.05, 3.63) is 18.3 Å². The lowest BCUT2D eigenvalue weighted by Crippen LogP contribution is -2.22. The van der Waals surface area contributed by atoms with Gasteiger partial charge < -0.3 is 15.4 Å². The SMILES string of the molecule is CCOC[C@@H]1CCN(c2ccc(N)cn2)C1. The lowest BCUT2D eigenvalue weighted by atomic mass is 10.1. The Hall–Kier alpha value is -1.29. The minimum absolute atomic E-state index is 0.638. The highest BCUT2D eigenvalue weighted by Gasteiger charge is 2.23. The summed E-state index contributed by atoms with van der Waals surface area (Å²) in [7, 11) is 0. The fourth-order valence-electron chi connectivity index (χ4n) is 2.05. The van der Waals surface area contributed by atoms with E-state index in [2.05, 4.69) is 9.88 Å². The van der Waals surface area contributed by atoms with Gasteiger partial charge in [-0.15, -0.1) is 0 Å². The van der Waals surface area contributed by atoms with Gasteiger partial charge in [-0.05, 0) is 25.5 Å². The van der Waals surface area contributed by atoms with E-state index in [-0.39, 0.29) is 0 Å². The minimum atomic E-state index is 0.638. The van der Waals surface area contributed by atoms with Gasteiger partial charge in [0.2, 0.25) is 0 Å². The Morgan fingerprint density at radius 3 is 3.12 bits per heavy atom. The van der Waals surface area contributed by atoms with Crippen molar-refractivity contribution in [3.63, 3.8) is 0 Å². The van der Waals surface area contributed by atoms with Gasteiger partial charge in [-0.25, -0.2) is 4.98 Å². The predicted molar refractivity (Wildman–Crippen MR) is 65.5 cm³/mol. The second-order valence-corrected chi connectivity index (χ2v) is 4.21. The van der Waals surface area contributed by atoms with Crippen molar-refractivity contribution in [1.29, 1.82) is 0 Å². The van der Waals surface area contributed by atoms with Gasteiger partial charge in [0, 0.05) is 25.6 Å².